The molecule has 0 amide bonds. The van der Waals surface area contributed by atoms with Crippen molar-refractivity contribution in [2.45, 2.75) is 42.2 Å². The van der Waals surface area contributed by atoms with E-state index in [4.69, 9.17) is 0 Å². The highest BCUT2D eigenvalue weighted by molar-refractivity contribution is 5.12. The summed E-state index contributed by atoms with van der Waals surface area (Å²) in [5.41, 5.74) is 0. The molecule has 1 unspecified atom stereocenters. The van der Waals surface area contributed by atoms with Crippen LogP contribution in [-0.4, -0.2) is 35.8 Å². The molecule has 0 aliphatic carbocycles. The van der Waals surface area contributed by atoms with Gasteiger partial charge in [-0.1, -0.05) is 0 Å². The van der Waals surface area contributed by atoms with E-state index in [0.29, 0.717) is 0 Å². The van der Waals surface area contributed by atoms with Crippen molar-refractivity contribution in [3.8, 4) is 0 Å². The summed E-state index contributed by atoms with van der Waals surface area (Å²) in [4.78, 5) is 0. The molecule has 0 heterocycles. The Kier molecular flexibility index (Phi) is 5.39. The Morgan fingerprint density at radius 2 is 1.09 bits per heavy atom. The lowest BCUT2D eigenvalue weighted by Gasteiger charge is -2.39. The van der Waals surface area contributed by atoms with Crippen molar-refractivity contribution >= 4 is 0 Å². The van der Waals surface area contributed by atoms with Gasteiger partial charge in [0, 0.05) is 6.42 Å². The predicted molar refractivity (Wildman–Crippen MR) is 45.1 cm³/mol. The van der Waals surface area contributed by atoms with Crippen molar-refractivity contribution in [2.75, 3.05) is 0 Å². The Balaban J connectivity index is 5.99. The molecule has 0 aromatic rings. The molecule has 0 aliphatic heterocycles. The van der Waals surface area contributed by atoms with E-state index in [1.165, 1.54) is 0 Å². The maximum Gasteiger partial charge on any atom is 0.385 e. The second-order valence-corrected chi connectivity index (χ2v) is 4.06. The third-order valence-corrected chi connectivity index (χ3v) is 2.36. The molecule has 0 saturated carbocycles. The van der Waals surface area contributed by atoms with Crippen molar-refractivity contribution in [2.24, 2.45) is 0 Å². The molecule has 0 fully saturated rings. The SMILES string of the molecule is [CH2]C(F)CC(F)(F)C(F)(F)C(F)(F)C(F)(F)C(F)(F)[C](F)F. The Labute approximate surface area is 114 Å². The number of alkyl halides is 11. The normalized spacial score (nSPS) is 17.0. The molecule has 0 aromatic carbocycles. The summed E-state index contributed by atoms with van der Waals surface area (Å²) in [5.74, 6) is -35.9. The monoisotopic (exact) mass is 360 g/mol. The molecule has 132 valence electrons. The molecule has 0 aliphatic rings. The van der Waals surface area contributed by atoms with Crippen LogP contribution in [0.5, 0.6) is 0 Å². The largest absolute Gasteiger partial charge is 0.385 e. The molecule has 2 radical (unpaired) electrons. The zero-order valence-electron chi connectivity index (χ0n) is 9.91. The van der Waals surface area contributed by atoms with Crippen LogP contribution in [0.1, 0.15) is 6.42 Å². The van der Waals surface area contributed by atoms with E-state index < -0.39 is 48.6 Å². The van der Waals surface area contributed by atoms with Gasteiger partial charge in [-0.2, -0.15) is 52.7 Å². The second-order valence-electron chi connectivity index (χ2n) is 4.06. The molecule has 0 rings (SSSR count). The topological polar surface area (TPSA) is 0 Å². The van der Waals surface area contributed by atoms with Gasteiger partial charge in [-0.15, -0.1) is 0 Å². The van der Waals surface area contributed by atoms with Gasteiger partial charge in [-0.05, 0) is 6.92 Å². The molecular formula is C9H5F13. The van der Waals surface area contributed by atoms with E-state index in [0.717, 1.165) is 0 Å². The standard InChI is InChI=1S/C9H5F13/c1-3(10)2-5(13,14)7(17,18)9(21,22)8(19,20)6(15,16)4(11)12/h3H,1-2H2. The Morgan fingerprint density at radius 1 is 0.727 bits per heavy atom. The van der Waals surface area contributed by atoms with Gasteiger partial charge in [0.15, 0.2) is 0 Å². The van der Waals surface area contributed by atoms with Gasteiger partial charge in [0.1, 0.15) is 6.17 Å². The van der Waals surface area contributed by atoms with Crippen molar-refractivity contribution < 1.29 is 57.1 Å². The fourth-order valence-corrected chi connectivity index (χ4v) is 1.15. The summed E-state index contributed by atoms with van der Waals surface area (Å²) in [7, 11) is 0. The van der Waals surface area contributed by atoms with Crippen LogP contribution >= 0.6 is 0 Å². The van der Waals surface area contributed by atoms with E-state index in [1.54, 1.807) is 0 Å². The molecule has 0 aromatic heterocycles. The van der Waals surface area contributed by atoms with E-state index >= 15 is 0 Å². The van der Waals surface area contributed by atoms with E-state index in [2.05, 4.69) is 6.92 Å². The summed E-state index contributed by atoms with van der Waals surface area (Å²) in [6, 6.07) is 0. The summed E-state index contributed by atoms with van der Waals surface area (Å²) in [5, 5.41) is 0. The maximum absolute atomic E-state index is 12.9. The quantitative estimate of drug-likeness (QED) is 0.551. The molecule has 0 spiro atoms. The average molecular weight is 360 g/mol. The molecule has 0 nitrogen and oxygen atoms in total. The number of halogens is 13. The predicted octanol–water partition coefficient (Wildman–Crippen LogP) is 5.15. The minimum Gasteiger partial charge on any atom is -0.247 e. The van der Waals surface area contributed by atoms with Crippen molar-refractivity contribution in [1.29, 1.82) is 0 Å². The molecule has 1 atom stereocenters. The molecule has 0 bridgehead atoms. The lowest BCUT2D eigenvalue weighted by Crippen LogP contribution is -2.68. The number of hydrogen-bond acceptors (Lipinski definition) is 0. The molecular weight excluding hydrogens is 355 g/mol. The molecule has 0 saturated heterocycles. The van der Waals surface area contributed by atoms with Crippen LogP contribution in [0.15, 0.2) is 0 Å². The highest BCUT2D eigenvalue weighted by Crippen LogP contribution is 2.59. The van der Waals surface area contributed by atoms with Gasteiger partial charge in [0.25, 0.3) is 0 Å². The van der Waals surface area contributed by atoms with Crippen LogP contribution in [0.2, 0.25) is 0 Å². The first kappa shape index (κ1) is 21.1. The fraction of sp³-hybridized carbons (Fsp3) is 0.778. The number of hydrogen-bond donors (Lipinski definition) is 0. The van der Waals surface area contributed by atoms with Crippen LogP contribution in [0.4, 0.5) is 57.1 Å². The highest BCUT2D eigenvalue weighted by atomic mass is 19.4. The van der Waals surface area contributed by atoms with Crippen LogP contribution in [0, 0.1) is 13.3 Å². The lowest BCUT2D eigenvalue weighted by molar-refractivity contribution is -0.405. The summed E-state index contributed by atoms with van der Waals surface area (Å²) in [6.07, 6.45) is -10.7. The Morgan fingerprint density at radius 3 is 1.36 bits per heavy atom. The fourth-order valence-electron chi connectivity index (χ4n) is 1.15. The first-order chi connectivity index (χ1) is 9.36. The molecule has 22 heavy (non-hydrogen) atoms. The first-order valence-electron chi connectivity index (χ1n) is 4.91. The smallest absolute Gasteiger partial charge is 0.247 e. The molecule has 0 N–H and O–H groups in total. The molecule has 13 heteroatoms. The number of rotatable bonds is 7. The summed E-state index contributed by atoms with van der Waals surface area (Å²) < 4.78 is 162. The van der Waals surface area contributed by atoms with Gasteiger partial charge in [-0.25, -0.2) is 4.39 Å². The average Bonchev–Trinajstić information content (AvgIpc) is 2.25. The van der Waals surface area contributed by atoms with E-state index in [1.807, 2.05) is 0 Å². The third kappa shape index (κ3) is 2.94. The first-order valence-corrected chi connectivity index (χ1v) is 4.91. The van der Waals surface area contributed by atoms with Crippen LogP contribution in [0.3, 0.4) is 0 Å². The van der Waals surface area contributed by atoms with Gasteiger partial charge < -0.3 is 0 Å². The Bertz CT molecular complexity index is 383. The van der Waals surface area contributed by atoms with Gasteiger partial charge in [-0.3, -0.25) is 0 Å². The van der Waals surface area contributed by atoms with Crippen molar-refractivity contribution in [3.63, 3.8) is 0 Å². The van der Waals surface area contributed by atoms with Gasteiger partial charge in [0.05, 0.1) is 0 Å². The second kappa shape index (κ2) is 5.62. The highest BCUT2D eigenvalue weighted by Gasteiger charge is 2.88. The third-order valence-electron chi connectivity index (χ3n) is 2.36. The zero-order valence-corrected chi connectivity index (χ0v) is 9.91. The van der Waals surface area contributed by atoms with E-state index in [-0.39, 0.29) is 0 Å². The van der Waals surface area contributed by atoms with Crippen LogP contribution in [-0.2, 0) is 0 Å². The van der Waals surface area contributed by atoms with Crippen molar-refractivity contribution in [1.82, 2.24) is 0 Å². The van der Waals surface area contributed by atoms with Crippen LogP contribution < -0.4 is 0 Å². The lowest BCUT2D eigenvalue weighted by atomic mass is 9.92. The van der Waals surface area contributed by atoms with Crippen LogP contribution in [0.25, 0.3) is 0 Å². The maximum atomic E-state index is 12.9. The van der Waals surface area contributed by atoms with Crippen molar-refractivity contribution in [3.05, 3.63) is 13.3 Å². The van der Waals surface area contributed by atoms with Gasteiger partial charge in [0.2, 0.25) is 0 Å². The summed E-state index contributed by atoms with van der Waals surface area (Å²) >= 11 is 0. The summed E-state index contributed by atoms with van der Waals surface area (Å²) in [6.45, 7) is 2.07. The minimum atomic E-state index is -7.63. The van der Waals surface area contributed by atoms with Gasteiger partial charge >= 0.3 is 36.0 Å². The zero-order chi connectivity index (χ0) is 18.4. The van der Waals surface area contributed by atoms with E-state index in [9.17, 15) is 57.1 Å². The Hall–Kier alpha value is -0.910. The minimum absolute atomic E-state index is 2.07.